The Kier molecular flexibility index (Phi) is 7.68. The van der Waals surface area contributed by atoms with Crippen LogP contribution in [-0.2, 0) is 4.79 Å². The molecule has 5 heteroatoms. The second kappa shape index (κ2) is 10.2. The van der Waals surface area contributed by atoms with E-state index in [9.17, 15) is 4.79 Å². The van der Waals surface area contributed by atoms with Crippen molar-refractivity contribution in [3.05, 3.63) is 53.6 Å². The average molecular weight is 401 g/mol. The molecule has 3 rings (SSSR count). The first-order valence-corrected chi connectivity index (χ1v) is 11.6. The largest absolute Gasteiger partial charge is 0.315 e. The van der Waals surface area contributed by atoms with E-state index in [2.05, 4.69) is 55.6 Å². The number of hydrogen-bond acceptors (Lipinski definition) is 4. The van der Waals surface area contributed by atoms with Crippen LogP contribution in [0, 0.1) is 13.8 Å². The zero-order valence-corrected chi connectivity index (χ0v) is 17.8. The van der Waals surface area contributed by atoms with Gasteiger partial charge >= 0.3 is 0 Å². The number of thioether (sulfide) groups is 2. The van der Waals surface area contributed by atoms with Crippen LogP contribution in [0.4, 0.5) is 5.69 Å². The molecule has 0 atom stereocenters. The molecule has 0 spiro atoms. The van der Waals surface area contributed by atoms with Crippen LogP contribution in [0.3, 0.4) is 0 Å². The molecule has 0 bridgehead atoms. The Morgan fingerprint density at radius 3 is 2.70 bits per heavy atom. The number of nitrogens with one attached hydrogen (secondary N) is 1. The number of rotatable bonds is 7. The van der Waals surface area contributed by atoms with E-state index in [0.717, 1.165) is 43.2 Å². The third-order valence-corrected chi connectivity index (χ3v) is 7.18. The Labute approximate surface area is 171 Å². The summed E-state index contributed by atoms with van der Waals surface area (Å²) in [6.45, 7) is 6.80. The van der Waals surface area contributed by atoms with Crippen LogP contribution >= 0.6 is 23.5 Å². The molecule has 0 fully saturated rings. The topological polar surface area (TPSA) is 32.3 Å². The maximum atomic E-state index is 12.7. The second-order valence-electron chi connectivity index (χ2n) is 6.78. The number of amides is 1. The van der Waals surface area contributed by atoms with E-state index in [-0.39, 0.29) is 5.91 Å². The summed E-state index contributed by atoms with van der Waals surface area (Å²) >= 11 is 3.75. The molecule has 0 saturated carbocycles. The minimum Gasteiger partial charge on any atom is -0.315 e. The number of fused-ring (bicyclic) bond motifs is 1. The summed E-state index contributed by atoms with van der Waals surface area (Å²) in [4.78, 5) is 17.3. The lowest BCUT2D eigenvalue weighted by molar-refractivity contribution is -0.118. The van der Waals surface area contributed by atoms with E-state index in [4.69, 9.17) is 0 Å². The third-order valence-electron chi connectivity index (χ3n) is 4.69. The normalized spacial score (nSPS) is 13.9. The molecule has 1 aliphatic rings. The summed E-state index contributed by atoms with van der Waals surface area (Å²) in [5.41, 5.74) is 3.76. The van der Waals surface area contributed by atoms with Crippen molar-refractivity contribution in [1.82, 2.24) is 5.32 Å². The summed E-state index contributed by atoms with van der Waals surface area (Å²) in [5, 5.41) is 3.43. The van der Waals surface area contributed by atoms with Gasteiger partial charge in [0, 0.05) is 41.6 Å². The number of aryl methyl sites for hydroxylation is 2. The molecule has 1 heterocycles. The van der Waals surface area contributed by atoms with Crippen LogP contribution in [0.25, 0.3) is 0 Å². The lowest BCUT2D eigenvalue weighted by Crippen LogP contribution is -2.34. The molecule has 2 aromatic carbocycles. The number of nitrogens with zero attached hydrogens (tertiary/aromatic N) is 1. The Morgan fingerprint density at radius 2 is 1.89 bits per heavy atom. The van der Waals surface area contributed by atoms with Crippen LogP contribution in [0.1, 0.15) is 24.0 Å². The van der Waals surface area contributed by atoms with Crippen molar-refractivity contribution in [2.45, 2.75) is 36.5 Å². The quantitative estimate of drug-likeness (QED) is 0.529. The fourth-order valence-corrected chi connectivity index (χ4v) is 5.33. The number of anilines is 1. The molecule has 2 aromatic rings. The highest BCUT2D eigenvalue weighted by Crippen LogP contribution is 2.33. The first kappa shape index (κ1) is 20.3. The molecule has 27 heavy (non-hydrogen) atoms. The van der Waals surface area contributed by atoms with Crippen molar-refractivity contribution < 1.29 is 4.79 Å². The number of benzene rings is 2. The number of carbonyl (C=O) groups is 1. The molecule has 0 radical (unpaired) electrons. The maximum Gasteiger partial charge on any atom is 0.228 e. The highest BCUT2D eigenvalue weighted by atomic mass is 32.2. The first-order valence-electron chi connectivity index (χ1n) is 9.59. The van der Waals surface area contributed by atoms with Gasteiger partial charge in [-0.1, -0.05) is 30.3 Å². The zero-order valence-electron chi connectivity index (χ0n) is 16.2. The van der Waals surface area contributed by atoms with Gasteiger partial charge < -0.3 is 10.2 Å². The predicted octanol–water partition coefficient (Wildman–Crippen LogP) is 4.90. The third kappa shape index (κ3) is 5.53. The molecule has 3 nitrogen and oxygen atoms in total. The monoisotopic (exact) mass is 400 g/mol. The Hall–Kier alpha value is -1.43. The molecule has 0 unspecified atom stereocenters. The minimum atomic E-state index is 0.222. The molecule has 0 aliphatic carbocycles. The molecule has 0 aromatic heterocycles. The summed E-state index contributed by atoms with van der Waals surface area (Å²) in [5.74, 6) is 2.32. The van der Waals surface area contributed by atoms with Gasteiger partial charge in [-0.05, 0) is 49.3 Å². The van der Waals surface area contributed by atoms with Crippen molar-refractivity contribution in [3.63, 3.8) is 0 Å². The molecular weight excluding hydrogens is 372 g/mol. The van der Waals surface area contributed by atoms with E-state index >= 15 is 0 Å². The van der Waals surface area contributed by atoms with Gasteiger partial charge in [-0.3, -0.25) is 4.79 Å². The molecule has 1 amide bonds. The molecule has 0 saturated heterocycles. The Bertz CT molecular complexity index is 758. The summed E-state index contributed by atoms with van der Waals surface area (Å²) in [7, 11) is 0. The van der Waals surface area contributed by atoms with Gasteiger partial charge in [-0.2, -0.15) is 0 Å². The molecular formula is C22H28N2OS2. The highest BCUT2D eigenvalue weighted by molar-refractivity contribution is 7.99. The Morgan fingerprint density at radius 1 is 1.11 bits per heavy atom. The highest BCUT2D eigenvalue weighted by Gasteiger charge is 2.20. The van der Waals surface area contributed by atoms with Gasteiger partial charge in [0.1, 0.15) is 0 Å². The van der Waals surface area contributed by atoms with Crippen LogP contribution in [-0.4, -0.2) is 37.0 Å². The van der Waals surface area contributed by atoms with Gasteiger partial charge in [-0.15, -0.1) is 23.5 Å². The minimum absolute atomic E-state index is 0.222. The van der Waals surface area contributed by atoms with Gasteiger partial charge in [-0.25, -0.2) is 0 Å². The van der Waals surface area contributed by atoms with Gasteiger partial charge in [0.05, 0.1) is 5.69 Å². The first-order chi connectivity index (χ1) is 13.2. The van der Waals surface area contributed by atoms with E-state index < -0.39 is 0 Å². The smallest absolute Gasteiger partial charge is 0.228 e. The fourth-order valence-electron chi connectivity index (χ4n) is 3.29. The van der Waals surface area contributed by atoms with Gasteiger partial charge in [0.25, 0.3) is 0 Å². The SMILES string of the molecule is Cc1cccc(C)c1SCCNCCC(=O)N1CCCSc2ccccc21. The van der Waals surface area contributed by atoms with Crippen molar-refractivity contribution in [3.8, 4) is 0 Å². The molecule has 1 aliphatic heterocycles. The second-order valence-corrected chi connectivity index (χ2v) is 9.03. The van der Waals surface area contributed by atoms with E-state index in [1.807, 2.05) is 34.5 Å². The fraction of sp³-hybridized carbons (Fsp3) is 0.409. The van der Waals surface area contributed by atoms with Crippen LogP contribution in [0.15, 0.2) is 52.3 Å². The Balaban J connectivity index is 1.42. The zero-order chi connectivity index (χ0) is 19.1. The van der Waals surface area contributed by atoms with E-state index in [0.29, 0.717) is 6.42 Å². The maximum absolute atomic E-state index is 12.7. The predicted molar refractivity (Wildman–Crippen MR) is 118 cm³/mol. The van der Waals surface area contributed by atoms with E-state index in [1.165, 1.54) is 20.9 Å². The van der Waals surface area contributed by atoms with Crippen LogP contribution in [0.5, 0.6) is 0 Å². The van der Waals surface area contributed by atoms with Crippen LogP contribution < -0.4 is 10.2 Å². The average Bonchev–Trinajstić information content (AvgIpc) is 2.89. The molecule has 144 valence electrons. The van der Waals surface area contributed by atoms with Gasteiger partial charge in [0.15, 0.2) is 0 Å². The molecule has 1 N–H and O–H groups in total. The summed E-state index contributed by atoms with van der Waals surface area (Å²) < 4.78 is 0. The lowest BCUT2D eigenvalue weighted by Gasteiger charge is -2.22. The summed E-state index contributed by atoms with van der Waals surface area (Å²) in [6, 6.07) is 14.7. The van der Waals surface area contributed by atoms with Crippen molar-refractivity contribution in [1.29, 1.82) is 0 Å². The summed E-state index contributed by atoms with van der Waals surface area (Å²) in [6.07, 6.45) is 1.60. The number of carbonyl (C=O) groups excluding carboxylic acids is 1. The number of para-hydroxylation sites is 1. The standard InChI is InChI=1S/C22H28N2OS2/c1-17-7-5-8-18(2)22(17)27-16-13-23-12-11-21(25)24-14-6-15-26-20-10-4-3-9-19(20)24/h3-5,7-10,23H,6,11-16H2,1-2H3. The van der Waals surface area contributed by atoms with Gasteiger partial charge in [0.2, 0.25) is 5.91 Å². The van der Waals surface area contributed by atoms with Crippen LogP contribution in [0.2, 0.25) is 0 Å². The van der Waals surface area contributed by atoms with Crippen molar-refractivity contribution in [2.24, 2.45) is 0 Å². The van der Waals surface area contributed by atoms with Crippen molar-refractivity contribution >= 4 is 35.1 Å². The van der Waals surface area contributed by atoms with Crippen molar-refractivity contribution in [2.75, 3.05) is 36.0 Å². The number of hydrogen-bond donors (Lipinski definition) is 1. The lowest BCUT2D eigenvalue weighted by atomic mass is 10.2. The van der Waals surface area contributed by atoms with E-state index in [1.54, 1.807) is 0 Å².